The zero-order chi connectivity index (χ0) is 20.8. The molecule has 1 aromatic heterocycles. The molecule has 28 heavy (non-hydrogen) atoms. The van der Waals surface area contributed by atoms with Crippen molar-refractivity contribution < 1.29 is 9.72 Å². The first kappa shape index (κ1) is 21.3. The van der Waals surface area contributed by atoms with E-state index in [1.54, 1.807) is 30.0 Å². The highest BCUT2D eigenvalue weighted by Gasteiger charge is 2.25. The molecule has 8 nitrogen and oxygen atoms in total. The number of carbonyl (C=O) groups is 1. The second kappa shape index (κ2) is 9.25. The van der Waals surface area contributed by atoms with Crippen molar-refractivity contribution in [1.82, 2.24) is 14.7 Å². The van der Waals surface area contributed by atoms with Crippen LogP contribution in [-0.2, 0) is 0 Å². The number of nitro benzene ring substituents is 1. The van der Waals surface area contributed by atoms with Crippen molar-refractivity contribution in [2.24, 2.45) is 0 Å². The van der Waals surface area contributed by atoms with Gasteiger partial charge in [-0.15, -0.1) is 0 Å². The van der Waals surface area contributed by atoms with Crippen LogP contribution >= 0.6 is 0 Å². The number of nitro groups is 1. The maximum Gasteiger partial charge on any atom is 0.294 e. The zero-order valence-electron chi connectivity index (χ0n) is 16.7. The molecule has 1 heterocycles. The molecule has 0 aliphatic rings. The van der Waals surface area contributed by atoms with Gasteiger partial charge in [-0.05, 0) is 32.8 Å². The van der Waals surface area contributed by atoms with E-state index in [-0.39, 0.29) is 23.1 Å². The van der Waals surface area contributed by atoms with E-state index in [1.165, 1.54) is 16.8 Å². The molecule has 0 aliphatic heterocycles. The van der Waals surface area contributed by atoms with E-state index in [0.29, 0.717) is 12.2 Å². The Morgan fingerprint density at radius 2 is 2.00 bits per heavy atom. The standard InChI is InChI=1S/C20H26N4O4/c1-5-7-12-22(14(3)6-2)20(26)19-18(25)13-15(4)23(21-19)16-10-8-9-11-17(16)24(27)28/h8-11,13-14H,5-7,12H2,1-4H3. The van der Waals surface area contributed by atoms with Gasteiger partial charge >= 0.3 is 0 Å². The summed E-state index contributed by atoms with van der Waals surface area (Å²) in [5, 5.41) is 15.6. The summed E-state index contributed by atoms with van der Waals surface area (Å²) in [5.74, 6) is -0.444. The number of aryl methyl sites for hydroxylation is 1. The van der Waals surface area contributed by atoms with Gasteiger partial charge in [0.05, 0.1) is 4.92 Å². The van der Waals surface area contributed by atoms with Crippen LogP contribution in [-0.4, -0.2) is 38.1 Å². The Bertz CT molecular complexity index is 923. The quantitative estimate of drug-likeness (QED) is 0.511. The van der Waals surface area contributed by atoms with Crippen molar-refractivity contribution in [3.8, 4) is 5.69 Å². The third-order valence-electron chi connectivity index (χ3n) is 4.75. The summed E-state index contributed by atoms with van der Waals surface area (Å²) in [5.41, 5.74) is -0.227. The molecule has 1 amide bonds. The Kier molecular flexibility index (Phi) is 7.03. The second-order valence-corrected chi connectivity index (χ2v) is 6.77. The lowest BCUT2D eigenvalue weighted by atomic mass is 10.1. The minimum absolute atomic E-state index is 0.0407. The number of unbranched alkanes of at least 4 members (excludes halogenated alkanes) is 1. The molecule has 2 aromatic rings. The van der Waals surface area contributed by atoms with Gasteiger partial charge in [0.15, 0.2) is 5.69 Å². The molecular weight excluding hydrogens is 360 g/mol. The van der Waals surface area contributed by atoms with Crippen LogP contribution in [0, 0.1) is 17.0 Å². The van der Waals surface area contributed by atoms with E-state index >= 15 is 0 Å². The van der Waals surface area contributed by atoms with E-state index < -0.39 is 16.3 Å². The summed E-state index contributed by atoms with van der Waals surface area (Å²) in [6, 6.07) is 7.37. The molecular formula is C20H26N4O4. The van der Waals surface area contributed by atoms with Gasteiger partial charge in [-0.3, -0.25) is 19.7 Å². The topological polar surface area (TPSA) is 98.3 Å². The van der Waals surface area contributed by atoms with Gasteiger partial charge in [0, 0.05) is 30.4 Å². The number of aromatic nitrogens is 2. The van der Waals surface area contributed by atoms with Crippen molar-refractivity contribution in [3.63, 3.8) is 0 Å². The number of para-hydroxylation sites is 2. The van der Waals surface area contributed by atoms with Crippen molar-refractivity contribution in [2.75, 3.05) is 6.54 Å². The smallest absolute Gasteiger partial charge is 0.294 e. The van der Waals surface area contributed by atoms with Gasteiger partial charge in [-0.1, -0.05) is 32.4 Å². The minimum atomic E-state index is -0.511. The largest absolute Gasteiger partial charge is 0.334 e. The van der Waals surface area contributed by atoms with Crippen LogP contribution in [0.25, 0.3) is 5.69 Å². The lowest BCUT2D eigenvalue weighted by molar-refractivity contribution is -0.384. The molecule has 0 saturated heterocycles. The molecule has 1 unspecified atom stereocenters. The van der Waals surface area contributed by atoms with Gasteiger partial charge in [0.2, 0.25) is 5.43 Å². The van der Waals surface area contributed by atoms with E-state index in [1.807, 2.05) is 20.8 Å². The Morgan fingerprint density at radius 1 is 1.32 bits per heavy atom. The molecule has 0 spiro atoms. The Labute approximate surface area is 163 Å². The van der Waals surface area contributed by atoms with Gasteiger partial charge in [0.1, 0.15) is 5.69 Å². The molecule has 1 atom stereocenters. The third-order valence-corrected chi connectivity index (χ3v) is 4.75. The van der Waals surface area contributed by atoms with Gasteiger partial charge in [-0.25, -0.2) is 4.68 Å². The van der Waals surface area contributed by atoms with E-state index in [0.717, 1.165) is 19.3 Å². The molecule has 0 N–H and O–H groups in total. The highest BCUT2D eigenvalue weighted by atomic mass is 16.6. The van der Waals surface area contributed by atoms with E-state index in [2.05, 4.69) is 5.10 Å². The highest BCUT2D eigenvalue weighted by Crippen LogP contribution is 2.22. The first-order valence-corrected chi connectivity index (χ1v) is 9.47. The molecule has 0 aliphatic carbocycles. The molecule has 0 bridgehead atoms. The number of hydrogen-bond acceptors (Lipinski definition) is 5. The molecule has 1 aromatic carbocycles. The number of benzene rings is 1. The van der Waals surface area contributed by atoms with Gasteiger partial charge < -0.3 is 4.90 Å². The zero-order valence-corrected chi connectivity index (χ0v) is 16.7. The van der Waals surface area contributed by atoms with Crippen molar-refractivity contribution in [2.45, 2.75) is 53.0 Å². The fourth-order valence-electron chi connectivity index (χ4n) is 2.94. The molecule has 2 rings (SSSR count). The average molecular weight is 386 g/mol. The van der Waals surface area contributed by atoms with Crippen LogP contribution in [0.1, 0.15) is 56.2 Å². The van der Waals surface area contributed by atoms with Gasteiger partial charge in [0.25, 0.3) is 11.6 Å². The Balaban J connectivity index is 2.58. The number of amides is 1. The third kappa shape index (κ3) is 4.44. The van der Waals surface area contributed by atoms with Crippen molar-refractivity contribution in [3.05, 3.63) is 62.1 Å². The maximum absolute atomic E-state index is 13.1. The number of carbonyl (C=O) groups excluding carboxylic acids is 1. The maximum atomic E-state index is 13.1. The fraction of sp³-hybridized carbons (Fsp3) is 0.450. The summed E-state index contributed by atoms with van der Waals surface area (Å²) in [4.78, 5) is 38.1. The summed E-state index contributed by atoms with van der Waals surface area (Å²) in [6.45, 7) is 8.10. The Hall–Kier alpha value is -3.03. The van der Waals surface area contributed by atoms with Crippen LogP contribution in [0.2, 0.25) is 0 Å². The lowest BCUT2D eigenvalue weighted by Gasteiger charge is -2.28. The predicted octanol–water partition coefficient (Wildman–Crippen LogP) is 3.49. The molecule has 0 fully saturated rings. The minimum Gasteiger partial charge on any atom is -0.334 e. The van der Waals surface area contributed by atoms with Crippen LogP contribution in [0.4, 0.5) is 5.69 Å². The average Bonchev–Trinajstić information content (AvgIpc) is 2.67. The normalized spacial score (nSPS) is 11.9. The van der Waals surface area contributed by atoms with Crippen molar-refractivity contribution >= 4 is 11.6 Å². The summed E-state index contributed by atoms with van der Waals surface area (Å²) >= 11 is 0. The SMILES string of the molecule is CCCCN(C(=O)c1nn(-c2ccccc2[N+](=O)[O-])c(C)cc1=O)C(C)CC. The van der Waals surface area contributed by atoms with Crippen molar-refractivity contribution in [1.29, 1.82) is 0 Å². The second-order valence-electron chi connectivity index (χ2n) is 6.77. The fourth-order valence-corrected chi connectivity index (χ4v) is 2.94. The highest BCUT2D eigenvalue weighted by molar-refractivity contribution is 5.92. The first-order chi connectivity index (χ1) is 13.3. The van der Waals surface area contributed by atoms with E-state index in [9.17, 15) is 19.7 Å². The number of hydrogen-bond donors (Lipinski definition) is 0. The molecule has 0 saturated carbocycles. The van der Waals surface area contributed by atoms with Crippen LogP contribution < -0.4 is 5.43 Å². The van der Waals surface area contributed by atoms with E-state index in [4.69, 9.17) is 0 Å². The molecule has 150 valence electrons. The van der Waals surface area contributed by atoms with Crippen LogP contribution in [0.5, 0.6) is 0 Å². The van der Waals surface area contributed by atoms with Gasteiger partial charge in [-0.2, -0.15) is 5.10 Å². The monoisotopic (exact) mass is 386 g/mol. The summed E-state index contributed by atoms with van der Waals surface area (Å²) in [6.07, 6.45) is 2.49. The van der Waals surface area contributed by atoms with Crippen LogP contribution in [0.3, 0.4) is 0 Å². The summed E-state index contributed by atoms with van der Waals surface area (Å²) in [7, 11) is 0. The predicted molar refractivity (Wildman–Crippen MR) is 107 cm³/mol. The number of rotatable bonds is 8. The summed E-state index contributed by atoms with van der Waals surface area (Å²) < 4.78 is 1.29. The number of nitrogens with zero attached hydrogens (tertiary/aromatic N) is 4. The van der Waals surface area contributed by atoms with Crippen LogP contribution in [0.15, 0.2) is 35.1 Å². The Morgan fingerprint density at radius 3 is 2.61 bits per heavy atom. The molecule has 0 radical (unpaired) electrons. The molecule has 8 heteroatoms. The lowest BCUT2D eigenvalue weighted by Crippen LogP contribution is -2.42. The first-order valence-electron chi connectivity index (χ1n) is 9.47.